The van der Waals surface area contributed by atoms with Crippen molar-refractivity contribution < 1.29 is 9.90 Å². The van der Waals surface area contributed by atoms with Gasteiger partial charge in [0, 0.05) is 23.7 Å². The summed E-state index contributed by atoms with van der Waals surface area (Å²) in [5.74, 6) is 5.51. The third-order valence-electron chi connectivity index (χ3n) is 2.98. The summed E-state index contributed by atoms with van der Waals surface area (Å²) in [7, 11) is 0. The van der Waals surface area contributed by atoms with Gasteiger partial charge in [-0.2, -0.15) is 0 Å². The van der Waals surface area contributed by atoms with Crippen LogP contribution in [0, 0.1) is 18.8 Å². The van der Waals surface area contributed by atoms with Gasteiger partial charge in [0.25, 0.3) is 5.91 Å². The predicted octanol–water partition coefficient (Wildman–Crippen LogP) is 2.60. The molecule has 0 saturated heterocycles. The molecule has 0 heterocycles. The first-order valence-corrected chi connectivity index (χ1v) is 7.02. The van der Waals surface area contributed by atoms with Gasteiger partial charge in [-0.25, -0.2) is 0 Å². The molecule has 0 fully saturated rings. The number of nitrogens with zero attached hydrogens (tertiary/aromatic N) is 1. The second-order valence-corrected chi connectivity index (χ2v) is 5.14. The van der Waals surface area contributed by atoms with E-state index in [2.05, 4.69) is 18.8 Å². The highest BCUT2D eigenvalue weighted by molar-refractivity contribution is 5.95. The molecule has 0 radical (unpaired) electrons. The molecule has 108 valence electrons. The van der Waals surface area contributed by atoms with Gasteiger partial charge in [-0.1, -0.05) is 18.8 Å². The Labute approximate surface area is 121 Å². The Balaban J connectivity index is 3.11. The van der Waals surface area contributed by atoms with Crippen LogP contribution in [-0.4, -0.2) is 35.1 Å². The molecule has 1 amide bonds. The van der Waals surface area contributed by atoms with Gasteiger partial charge in [-0.05, 0) is 51.0 Å². The summed E-state index contributed by atoms with van der Waals surface area (Å²) in [5.41, 5.74) is 2.43. The molecule has 0 saturated carbocycles. The summed E-state index contributed by atoms with van der Waals surface area (Å²) < 4.78 is 0. The van der Waals surface area contributed by atoms with Crippen molar-refractivity contribution in [2.24, 2.45) is 0 Å². The van der Waals surface area contributed by atoms with Crippen LogP contribution in [0.2, 0.25) is 0 Å². The van der Waals surface area contributed by atoms with Gasteiger partial charge in [0.05, 0.1) is 0 Å². The van der Waals surface area contributed by atoms with Crippen molar-refractivity contribution in [2.75, 3.05) is 13.2 Å². The van der Waals surface area contributed by atoms with Crippen LogP contribution < -0.4 is 0 Å². The summed E-state index contributed by atoms with van der Waals surface area (Å²) in [6, 6.07) is 5.77. The molecule has 20 heavy (non-hydrogen) atoms. The van der Waals surface area contributed by atoms with Crippen LogP contribution in [0.1, 0.15) is 48.7 Å². The van der Waals surface area contributed by atoms with Crippen molar-refractivity contribution >= 4 is 5.91 Å². The largest absolute Gasteiger partial charge is 0.384 e. The van der Waals surface area contributed by atoms with E-state index in [1.165, 1.54) is 0 Å². The van der Waals surface area contributed by atoms with Crippen molar-refractivity contribution in [2.45, 2.75) is 40.2 Å². The SMILES string of the molecule is CCCN(C(=O)c1cc(C)cc(C#CCO)c1)C(C)C. The highest BCUT2D eigenvalue weighted by Crippen LogP contribution is 2.14. The van der Waals surface area contributed by atoms with Crippen LogP contribution in [0.4, 0.5) is 0 Å². The molecule has 0 aliphatic rings. The number of aryl methyl sites for hydroxylation is 1. The molecule has 0 atom stereocenters. The van der Waals surface area contributed by atoms with E-state index in [9.17, 15) is 4.79 Å². The molecule has 3 nitrogen and oxygen atoms in total. The zero-order valence-electron chi connectivity index (χ0n) is 12.7. The lowest BCUT2D eigenvalue weighted by Crippen LogP contribution is -2.37. The number of amides is 1. The first-order chi connectivity index (χ1) is 9.49. The zero-order chi connectivity index (χ0) is 15.1. The minimum absolute atomic E-state index is 0.0394. The van der Waals surface area contributed by atoms with Gasteiger partial charge in [0.15, 0.2) is 0 Å². The van der Waals surface area contributed by atoms with Gasteiger partial charge in [0.2, 0.25) is 0 Å². The molecule has 3 heteroatoms. The normalized spacial score (nSPS) is 10.1. The van der Waals surface area contributed by atoms with Crippen LogP contribution in [-0.2, 0) is 0 Å². The summed E-state index contributed by atoms with van der Waals surface area (Å²) in [6.07, 6.45) is 0.937. The van der Waals surface area contributed by atoms with Crippen molar-refractivity contribution in [3.8, 4) is 11.8 Å². The molecular formula is C17H23NO2. The van der Waals surface area contributed by atoms with E-state index in [4.69, 9.17) is 5.11 Å². The van der Waals surface area contributed by atoms with Crippen molar-refractivity contribution in [3.05, 3.63) is 34.9 Å². The molecule has 1 rings (SSSR count). The number of carbonyl (C=O) groups excluding carboxylic acids is 1. The lowest BCUT2D eigenvalue weighted by atomic mass is 10.0. The lowest BCUT2D eigenvalue weighted by Gasteiger charge is -2.26. The Hall–Kier alpha value is -1.79. The lowest BCUT2D eigenvalue weighted by molar-refractivity contribution is 0.0706. The monoisotopic (exact) mass is 273 g/mol. The minimum atomic E-state index is -0.175. The second kappa shape index (κ2) is 7.72. The number of aliphatic hydroxyl groups excluding tert-OH is 1. The van der Waals surface area contributed by atoms with Crippen LogP contribution in [0.5, 0.6) is 0 Å². The molecule has 0 bridgehead atoms. The Kier molecular flexibility index (Phi) is 6.27. The van der Waals surface area contributed by atoms with E-state index in [0.717, 1.165) is 24.1 Å². The third-order valence-corrected chi connectivity index (χ3v) is 2.98. The Morgan fingerprint density at radius 1 is 1.35 bits per heavy atom. The Morgan fingerprint density at radius 3 is 2.60 bits per heavy atom. The van der Waals surface area contributed by atoms with Gasteiger partial charge >= 0.3 is 0 Å². The quantitative estimate of drug-likeness (QED) is 0.857. The van der Waals surface area contributed by atoms with Crippen molar-refractivity contribution in [1.82, 2.24) is 4.90 Å². The van der Waals surface area contributed by atoms with Crippen LogP contribution in [0.15, 0.2) is 18.2 Å². The second-order valence-electron chi connectivity index (χ2n) is 5.14. The van der Waals surface area contributed by atoms with Gasteiger partial charge in [-0.3, -0.25) is 4.79 Å². The van der Waals surface area contributed by atoms with Crippen LogP contribution in [0.3, 0.4) is 0 Å². The molecule has 0 aliphatic carbocycles. The molecule has 1 aromatic carbocycles. The molecule has 0 aromatic heterocycles. The highest BCUT2D eigenvalue weighted by atomic mass is 16.2. The first-order valence-electron chi connectivity index (χ1n) is 7.02. The molecule has 0 spiro atoms. The number of aliphatic hydroxyl groups is 1. The Morgan fingerprint density at radius 2 is 2.05 bits per heavy atom. The van der Waals surface area contributed by atoms with Crippen LogP contribution >= 0.6 is 0 Å². The topological polar surface area (TPSA) is 40.5 Å². The first kappa shape index (κ1) is 16.3. The third kappa shape index (κ3) is 4.40. The molecule has 0 unspecified atom stereocenters. The number of hydrogen-bond donors (Lipinski definition) is 1. The van der Waals surface area contributed by atoms with E-state index < -0.39 is 0 Å². The summed E-state index contributed by atoms with van der Waals surface area (Å²) in [4.78, 5) is 14.5. The Bertz CT molecular complexity index is 524. The number of carbonyl (C=O) groups is 1. The van der Waals surface area contributed by atoms with Gasteiger partial charge in [-0.15, -0.1) is 0 Å². The summed E-state index contributed by atoms with van der Waals surface area (Å²) >= 11 is 0. The molecule has 1 N–H and O–H groups in total. The smallest absolute Gasteiger partial charge is 0.254 e. The fourth-order valence-electron chi connectivity index (χ4n) is 2.12. The average molecular weight is 273 g/mol. The number of rotatable bonds is 4. The summed E-state index contributed by atoms with van der Waals surface area (Å²) in [6.45, 7) is 8.64. The molecule has 1 aromatic rings. The predicted molar refractivity (Wildman–Crippen MR) is 81.6 cm³/mol. The van der Waals surface area contributed by atoms with Gasteiger partial charge < -0.3 is 10.0 Å². The van der Waals surface area contributed by atoms with Crippen molar-refractivity contribution in [1.29, 1.82) is 0 Å². The van der Waals surface area contributed by atoms with Crippen molar-refractivity contribution in [3.63, 3.8) is 0 Å². The maximum atomic E-state index is 12.6. The average Bonchev–Trinajstić information content (AvgIpc) is 2.40. The maximum absolute atomic E-state index is 12.6. The fraction of sp³-hybridized carbons (Fsp3) is 0.471. The number of benzene rings is 1. The summed E-state index contributed by atoms with van der Waals surface area (Å²) in [5, 5.41) is 8.76. The zero-order valence-corrected chi connectivity index (χ0v) is 12.7. The number of hydrogen-bond acceptors (Lipinski definition) is 2. The molecule has 0 aliphatic heterocycles. The van der Waals surface area contributed by atoms with E-state index in [-0.39, 0.29) is 18.6 Å². The van der Waals surface area contributed by atoms with E-state index in [1.807, 2.05) is 37.8 Å². The fourth-order valence-corrected chi connectivity index (χ4v) is 2.12. The maximum Gasteiger partial charge on any atom is 0.254 e. The standard InChI is InChI=1S/C17H23NO2/c1-5-8-18(13(2)3)17(20)16-11-14(4)10-15(12-16)7-6-9-19/h10-13,19H,5,8-9H2,1-4H3. The van der Waals surface area contributed by atoms with Gasteiger partial charge in [0.1, 0.15) is 6.61 Å². The van der Waals surface area contributed by atoms with Crippen LogP contribution in [0.25, 0.3) is 0 Å². The van der Waals surface area contributed by atoms with E-state index in [0.29, 0.717) is 5.56 Å². The molecular weight excluding hydrogens is 250 g/mol. The van der Waals surface area contributed by atoms with E-state index in [1.54, 1.807) is 6.07 Å². The highest BCUT2D eigenvalue weighted by Gasteiger charge is 2.18. The van der Waals surface area contributed by atoms with E-state index >= 15 is 0 Å². The minimum Gasteiger partial charge on any atom is -0.384 e.